The van der Waals surface area contributed by atoms with E-state index in [9.17, 15) is 19.7 Å². The lowest BCUT2D eigenvalue weighted by Crippen LogP contribution is -2.54. The van der Waals surface area contributed by atoms with Crippen molar-refractivity contribution in [1.82, 2.24) is 20.2 Å². The smallest absolute Gasteiger partial charge is 0.293 e. The monoisotopic (exact) mass is 386 g/mol. The standard InChI is InChI=1S/C18H22N6O4/c1-11(17(25)21-12-2-3-12)22-4-6-23(7-5-22)15-9-14-13(8-16(15)24(27)28)18(26)20-10-19-14/h8-12H,2-7H2,1H3,(H,21,25)(H,19,20,26). The van der Waals surface area contributed by atoms with Crippen LogP contribution in [0.4, 0.5) is 11.4 Å². The first-order chi connectivity index (χ1) is 13.4. The van der Waals surface area contributed by atoms with Gasteiger partial charge < -0.3 is 15.2 Å². The van der Waals surface area contributed by atoms with Crippen molar-refractivity contribution in [2.75, 3.05) is 31.1 Å². The molecular weight excluding hydrogens is 364 g/mol. The molecule has 4 rings (SSSR count). The number of benzene rings is 1. The lowest BCUT2D eigenvalue weighted by atomic mass is 10.1. The Bertz CT molecular complexity index is 978. The number of aromatic nitrogens is 2. The molecule has 1 saturated carbocycles. The molecule has 10 heteroatoms. The Balaban J connectivity index is 1.53. The van der Waals surface area contributed by atoms with Crippen LogP contribution in [-0.4, -0.2) is 64.0 Å². The van der Waals surface area contributed by atoms with Crippen LogP contribution in [0.15, 0.2) is 23.3 Å². The summed E-state index contributed by atoms with van der Waals surface area (Å²) in [7, 11) is 0. The van der Waals surface area contributed by atoms with Gasteiger partial charge in [0.25, 0.3) is 11.2 Å². The molecule has 1 saturated heterocycles. The van der Waals surface area contributed by atoms with Gasteiger partial charge in [-0.3, -0.25) is 24.6 Å². The van der Waals surface area contributed by atoms with Crippen LogP contribution >= 0.6 is 0 Å². The Morgan fingerprint density at radius 2 is 2.04 bits per heavy atom. The summed E-state index contributed by atoms with van der Waals surface area (Å²) < 4.78 is 0. The number of nitrogens with one attached hydrogen (secondary N) is 2. The normalized spacial score (nSPS) is 18.8. The number of nitrogens with zero attached hydrogens (tertiary/aromatic N) is 4. The van der Waals surface area contributed by atoms with Crippen molar-refractivity contribution in [3.05, 3.63) is 38.9 Å². The number of aromatic amines is 1. The molecular formula is C18H22N6O4. The summed E-state index contributed by atoms with van der Waals surface area (Å²) in [5.74, 6) is 0.0380. The third-order valence-corrected chi connectivity index (χ3v) is 5.44. The minimum Gasteiger partial charge on any atom is -0.363 e. The highest BCUT2D eigenvalue weighted by atomic mass is 16.6. The summed E-state index contributed by atoms with van der Waals surface area (Å²) in [4.78, 5) is 45.9. The van der Waals surface area contributed by atoms with Crippen LogP contribution in [0.2, 0.25) is 0 Å². The number of fused-ring (bicyclic) bond motifs is 1. The molecule has 2 heterocycles. The van der Waals surface area contributed by atoms with E-state index in [2.05, 4.69) is 20.2 Å². The Morgan fingerprint density at radius 1 is 1.32 bits per heavy atom. The maximum absolute atomic E-state index is 12.3. The van der Waals surface area contributed by atoms with Crippen LogP contribution in [0.1, 0.15) is 19.8 Å². The second-order valence-corrected chi connectivity index (χ2v) is 7.33. The van der Waals surface area contributed by atoms with Crippen LogP contribution in [0, 0.1) is 10.1 Å². The SMILES string of the molecule is CC(C(=O)NC1CC1)N1CCN(c2cc3nc[nH]c(=O)c3cc2[N+](=O)[O-])CC1. The molecule has 2 aromatic rings. The zero-order valence-corrected chi connectivity index (χ0v) is 15.6. The summed E-state index contributed by atoms with van der Waals surface area (Å²) in [6.07, 6.45) is 3.39. The highest BCUT2D eigenvalue weighted by Gasteiger charge is 2.31. The molecule has 28 heavy (non-hydrogen) atoms. The molecule has 1 aliphatic heterocycles. The van der Waals surface area contributed by atoms with Gasteiger partial charge in [0.15, 0.2) is 0 Å². The summed E-state index contributed by atoms with van der Waals surface area (Å²) in [6.45, 7) is 4.24. The fraction of sp³-hybridized carbons (Fsp3) is 0.500. The van der Waals surface area contributed by atoms with Gasteiger partial charge in [0, 0.05) is 38.3 Å². The van der Waals surface area contributed by atoms with E-state index in [0.29, 0.717) is 43.4 Å². The first-order valence-corrected chi connectivity index (χ1v) is 9.39. The quantitative estimate of drug-likeness (QED) is 0.570. The third kappa shape index (κ3) is 3.55. The number of piperazine rings is 1. The first-order valence-electron chi connectivity index (χ1n) is 9.39. The molecule has 1 amide bonds. The average molecular weight is 386 g/mol. The molecule has 1 aromatic heterocycles. The summed E-state index contributed by atoms with van der Waals surface area (Å²) in [6, 6.07) is 2.98. The van der Waals surface area contributed by atoms with E-state index in [4.69, 9.17) is 0 Å². The van der Waals surface area contributed by atoms with Crippen molar-refractivity contribution in [2.45, 2.75) is 31.8 Å². The number of carbonyl (C=O) groups is 1. The minimum absolute atomic E-state index is 0.0380. The zero-order valence-electron chi connectivity index (χ0n) is 15.6. The molecule has 2 aliphatic rings. The van der Waals surface area contributed by atoms with Gasteiger partial charge >= 0.3 is 0 Å². The van der Waals surface area contributed by atoms with Crippen LogP contribution in [0.25, 0.3) is 10.9 Å². The van der Waals surface area contributed by atoms with E-state index in [0.717, 1.165) is 12.8 Å². The number of hydrogen-bond donors (Lipinski definition) is 2. The number of nitro benzene ring substituents is 1. The molecule has 1 aromatic carbocycles. The third-order valence-electron chi connectivity index (χ3n) is 5.44. The number of hydrogen-bond acceptors (Lipinski definition) is 7. The fourth-order valence-corrected chi connectivity index (χ4v) is 3.56. The van der Waals surface area contributed by atoms with Gasteiger partial charge in [-0.1, -0.05) is 0 Å². The Labute approximate surface area is 160 Å². The number of nitro groups is 1. The maximum Gasteiger partial charge on any atom is 0.293 e. The largest absolute Gasteiger partial charge is 0.363 e. The lowest BCUT2D eigenvalue weighted by molar-refractivity contribution is -0.384. The second-order valence-electron chi connectivity index (χ2n) is 7.33. The van der Waals surface area contributed by atoms with Crippen molar-refractivity contribution in [3.8, 4) is 0 Å². The van der Waals surface area contributed by atoms with Gasteiger partial charge in [-0.15, -0.1) is 0 Å². The van der Waals surface area contributed by atoms with Crippen LogP contribution in [-0.2, 0) is 4.79 Å². The highest BCUT2D eigenvalue weighted by molar-refractivity contribution is 5.87. The molecule has 0 spiro atoms. The maximum atomic E-state index is 12.3. The molecule has 0 bridgehead atoms. The molecule has 148 valence electrons. The van der Waals surface area contributed by atoms with E-state index in [1.165, 1.54) is 12.4 Å². The number of H-pyrrole nitrogens is 1. The minimum atomic E-state index is -0.473. The molecule has 2 fully saturated rings. The topological polar surface area (TPSA) is 124 Å². The first kappa shape index (κ1) is 18.4. The number of rotatable bonds is 5. The Hall–Kier alpha value is -3.01. The Morgan fingerprint density at radius 3 is 2.68 bits per heavy atom. The van der Waals surface area contributed by atoms with Gasteiger partial charge in [-0.05, 0) is 25.8 Å². The van der Waals surface area contributed by atoms with Crippen LogP contribution < -0.4 is 15.8 Å². The summed E-state index contributed by atoms with van der Waals surface area (Å²) in [5.41, 5.74) is 0.355. The summed E-state index contributed by atoms with van der Waals surface area (Å²) in [5, 5.41) is 14.8. The number of carbonyl (C=O) groups excluding carboxylic acids is 1. The van der Waals surface area contributed by atoms with E-state index >= 15 is 0 Å². The van der Waals surface area contributed by atoms with E-state index in [-0.39, 0.29) is 23.0 Å². The van der Waals surface area contributed by atoms with Gasteiger partial charge in [0.1, 0.15) is 5.69 Å². The van der Waals surface area contributed by atoms with Crippen LogP contribution in [0.3, 0.4) is 0 Å². The van der Waals surface area contributed by atoms with E-state index in [1.54, 1.807) is 6.07 Å². The highest BCUT2D eigenvalue weighted by Crippen LogP contribution is 2.32. The predicted octanol–water partition coefficient (Wildman–Crippen LogP) is 0.620. The van der Waals surface area contributed by atoms with Crippen molar-refractivity contribution in [2.24, 2.45) is 0 Å². The zero-order chi connectivity index (χ0) is 19.8. The Kier molecular flexibility index (Phi) is 4.71. The lowest BCUT2D eigenvalue weighted by Gasteiger charge is -2.38. The molecule has 10 nitrogen and oxygen atoms in total. The van der Waals surface area contributed by atoms with Gasteiger partial charge in [-0.2, -0.15) is 0 Å². The molecule has 1 unspecified atom stereocenters. The van der Waals surface area contributed by atoms with Gasteiger partial charge in [0.2, 0.25) is 5.91 Å². The van der Waals surface area contributed by atoms with Crippen molar-refractivity contribution in [3.63, 3.8) is 0 Å². The van der Waals surface area contributed by atoms with E-state index < -0.39 is 10.5 Å². The number of anilines is 1. The van der Waals surface area contributed by atoms with Gasteiger partial charge in [0.05, 0.1) is 28.2 Å². The van der Waals surface area contributed by atoms with Gasteiger partial charge in [-0.25, -0.2) is 4.98 Å². The number of amides is 1. The van der Waals surface area contributed by atoms with Crippen molar-refractivity contribution in [1.29, 1.82) is 0 Å². The fourth-order valence-electron chi connectivity index (χ4n) is 3.56. The van der Waals surface area contributed by atoms with E-state index in [1.807, 2.05) is 11.8 Å². The predicted molar refractivity (Wildman–Crippen MR) is 103 cm³/mol. The van der Waals surface area contributed by atoms with Crippen molar-refractivity contribution >= 4 is 28.2 Å². The molecule has 0 radical (unpaired) electrons. The second kappa shape index (κ2) is 7.19. The molecule has 1 aliphatic carbocycles. The molecule has 1 atom stereocenters. The molecule has 2 N–H and O–H groups in total. The van der Waals surface area contributed by atoms with Crippen LogP contribution in [0.5, 0.6) is 0 Å². The average Bonchev–Trinajstić information content (AvgIpc) is 3.51. The summed E-state index contributed by atoms with van der Waals surface area (Å²) >= 11 is 0. The van der Waals surface area contributed by atoms with Crippen molar-refractivity contribution < 1.29 is 9.72 Å².